The number of carbonyl (C=O) groups is 2. The van der Waals surface area contributed by atoms with Gasteiger partial charge >= 0.3 is 5.97 Å². The average molecular weight is 424 g/mol. The smallest absolute Gasteiger partial charge is 0.326 e. The predicted molar refractivity (Wildman–Crippen MR) is 118 cm³/mol. The third kappa shape index (κ3) is 3.54. The van der Waals surface area contributed by atoms with Crippen LogP contribution in [0.1, 0.15) is 21.7 Å². The molecule has 2 heterocycles. The van der Waals surface area contributed by atoms with Crippen molar-refractivity contribution in [1.82, 2.24) is 19.7 Å². The van der Waals surface area contributed by atoms with Crippen molar-refractivity contribution < 1.29 is 14.7 Å². The molecular formula is C25H20N4O3. The summed E-state index contributed by atoms with van der Waals surface area (Å²) < 4.78 is 1.62. The van der Waals surface area contributed by atoms with E-state index in [0.717, 1.165) is 22.4 Å². The molecule has 4 aromatic rings. The molecule has 0 radical (unpaired) electrons. The Morgan fingerprint density at radius 1 is 0.844 bits per heavy atom. The Kier molecular flexibility index (Phi) is 4.99. The summed E-state index contributed by atoms with van der Waals surface area (Å²) in [5.74, 6) is -1.06. The Bertz CT molecular complexity index is 1230. The van der Waals surface area contributed by atoms with Crippen LogP contribution in [0.3, 0.4) is 0 Å². The summed E-state index contributed by atoms with van der Waals surface area (Å²) in [6.07, 6.45) is 0.252. The summed E-state index contributed by atoms with van der Waals surface area (Å²) in [7, 11) is 0. The fraction of sp³-hybridized carbons (Fsp3) is 0.120. The molecule has 5 rings (SSSR count). The minimum atomic E-state index is -1.04. The summed E-state index contributed by atoms with van der Waals surface area (Å²) in [6.45, 7) is 0.201. The molecule has 1 N–H and O–H groups in total. The first-order valence-corrected chi connectivity index (χ1v) is 10.3. The molecule has 1 atom stereocenters. The van der Waals surface area contributed by atoms with E-state index in [-0.39, 0.29) is 18.8 Å². The molecule has 1 aromatic heterocycles. The molecule has 32 heavy (non-hydrogen) atoms. The van der Waals surface area contributed by atoms with Crippen molar-refractivity contribution in [3.8, 4) is 17.1 Å². The molecule has 0 saturated carbocycles. The highest BCUT2D eigenvalue weighted by atomic mass is 16.4. The van der Waals surface area contributed by atoms with E-state index in [0.29, 0.717) is 5.82 Å². The van der Waals surface area contributed by atoms with E-state index in [9.17, 15) is 14.7 Å². The molecule has 158 valence electrons. The van der Waals surface area contributed by atoms with Gasteiger partial charge in [-0.1, -0.05) is 72.8 Å². The Labute approximate surface area is 184 Å². The molecule has 0 fully saturated rings. The van der Waals surface area contributed by atoms with E-state index in [4.69, 9.17) is 0 Å². The topological polar surface area (TPSA) is 88.3 Å². The number of nitrogens with zero attached hydrogens (tertiary/aromatic N) is 4. The predicted octanol–water partition coefficient (Wildman–Crippen LogP) is 3.59. The summed E-state index contributed by atoms with van der Waals surface area (Å²) >= 11 is 0. The maximum Gasteiger partial charge on any atom is 0.326 e. The van der Waals surface area contributed by atoms with E-state index < -0.39 is 17.9 Å². The number of carboxylic acids is 1. The van der Waals surface area contributed by atoms with Crippen molar-refractivity contribution >= 4 is 11.9 Å². The van der Waals surface area contributed by atoms with Gasteiger partial charge in [0.25, 0.3) is 5.91 Å². The van der Waals surface area contributed by atoms with Gasteiger partial charge in [0.05, 0.1) is 5.69 Å². The molecule has 0 unspecified atom stereocenters. The van der Waals surface area contributed by atoms with Crippen LogP contribution in [0.5, 0.6) is 0 Å². The lowest BCUT2D eigenvalue weighted by molar-refractivity contribution is -0.142. The van der Waals surface area contributed by atoms with Gasteiger partial charge in [-0.05, 0) is 23.3 Å². The zero-order chi connectivity index (χ0) is 22.1. The molecular weight excluding hydrogens is 404 g/mol. The number of carboxylic acid groups (broad SMARTS) is 1. The highest BCUT2D eigenvalue weighted by Gasteiger charge is 2.36. The van der Waals surface area contributed by atoms with Crippen LogP contribution in [-0.2, 0) is 17.8 Å². The summed E-state index contributed by atoms with van der Waals surface area (Å²) in [4.78, 5) is 31.4. The minimum Gasteiger partial charge on any atom is -0.480 e. The molecule has 7 heteroatoms. The van der Waals surface area contributed by atoms with Crippen molar-refractivity contribution in [3.05, 3.63) is 102 Å². The van der Waals surface area contributed by atoms with Crippen LogP contribution in [-0.4, -0.2) is 42.7 Å². The highest BCUT2D eigenvalue weighted by molar-refractivity contribution is 5.94. The number of rotatable bonds is 4. The lowest BCUT2D eigenvalue weighted by Crippen LogP contribution is -2.49. The summed E-state index contributed by atoms with van der Waals surface area (Å²) in [5.41, 5.74) is 3.44. The number of benzene rings is 3. The Balaban J connectivity index is 1.58. The first-order chi connectivity index (χ1) is 15.6. The van der Waals surface area contributed by atoms with Crippen LogP contribution in [0, 0.1) is 0 Å². The second-order valence-electron chi connectivity index (χ2n) is 7.63. The number of para-hydroxylation sites is 1. The Hall–Kier alpha value is -4.26. The van der Waals surface area contributed by atoms with Crippen LogP contribution in [0.2, 0.25) is 0 Å². The van der Waals surface area contributed by atoms with Gasteiger partial charge in [-0.3, -0.25) is 4.79 Å². The average Bonchev–Trinajstić information content (AvgIpc) is 3.29. The number of hydrogen-bond acceptors (Lipinski definition) is 4. The second-order valence-corrected chi connectivity index (χ2v) is 7.63. The Morgan fingerprint density at radius 2 is 1.47 bits per heavy atom. The largest absolute Gasteiger partial charge is 0.480 e. The van der Waals surface area contributed by atoms with E-state index >= 15 is 0 Å². The molecule has 1 aliphatic rings. The van der Waals surface area contributed by atoms with E-state index in [1.165, 1.54) is 4.90 Å². The lowest BCUT2D eigenvalue weighted by Gasteiger charge is -2.33. The van der Waals surface area contributed by atoms with Gasteiger partial charge in [0, 0.05) is 18.5 Å². The van der Waals surface area contributed by atoms with E-state index in [1.807, 2.05) is 84.9 Å². The maximum atomic E-state index is 13.5. The number of aliphatic carboxylic acids is 1. The number of amides is 1. The summed E-state index contributed by atoms with van der Waals surface area (Å²) in [5, 5.41) is 14.3. The van der Waals surface area contributed by atoms with Crippen molar-refractivity contribution in [2.75, 3.05) is 0 Å². The zero-order valence-electron chi connectivity index (χ0n) is 17.1. The molecule has 0 spiro atoms. The maximum absolute atomic E-state index is 13.5. The summed E-state index contributed by atoms with van der Waals surface area (Å²) in [6, 6.07) is 25.5. The third-order valence-corrected chi connectivity index (χ3v) is 5.63. The van der Waals surface area contributed by atoms with Crippen molar-refractivity contribution in [3.63, 3.8) is 0 Å². The SMILES string of the molecule is O=C(O)[C@H]1Cc2ccccc2CN1C(=O)c1nc(-c2ccccc2)n(-c2ccccc2)n1. The van der Waals surface area contributed by atoms with Gasteiger partial charge in [0.15, 0.2) is 5.82 Å². The van der Waals surface area contributed by atoms with Crippen LogP contribution in [0.4, 0.5) is 0 Å². The minimum absolute atomic E-state index is 0.0293. The van der Waals surface area contributed by atoms with Crippen molar-refractivity contribution in [2.45, 2.75) is 19.0 Å². The molecule has 3 aromatic carbocycles. The molecule has 1 amide bonds. The third-order valence-electron chi connectivity index (χ3n) is 5.63. The van der Waals surface area contributed by atoms with Gasteiger partial charge in [0.2, 0.25) is 5.82 Å². The van der Waals surface area contributed by atoms with Gasteiger partial charge in [-0.25, -0.2) is 14.5 Å². The normalized spacial score (nSPS) is 15.2. The van der Waals surface area contributed by atoms with Gasteiger partial charge in [-0.2, -0.15) is 0 Å². The first-order valence-electron chi connectivity index (χ1n) is 10.3. The monoisotopic (exact) mass is 424 g/mol. The molecule has 0 aliphatic carbocycles. The lowest BCUT2D eigenvalue weighted by atomic mass is 9.94. The van der Waals surface area contributed by atoms with Gasteiger partial charge in [0.1, 0.15) is 6.04 Å². The molecule has 0 bridgehead atoms. The number of hydrogen-bond donors (Lipinski definition) is 1. The zero-order valence-corrected chi connectivity index (χ0v) is 17.1. The van der Waals surface area contributed by atoms with Gasteiger partial charge in [-0.15, -0.1) is 5.10 Å². The van der Waals surface area contributed by atoms with Crippen LogP contribution in [0.25, 0.3) is 17.1 Å². The quantitative estimate of drug-likeness (QED) is 0.541. The van der Waals surface area contributed by atoms with Crippen molar-refractivity contribution in [1.29, 1.82) is 0 Å². The fourth-order valence-corrected chi connectivity index (χ4v) is 4.01. The van der Waals surface area contributed by atoms with Crippen molar-refractivity contribution in [2.24, 2.45) is 0 Å². The number of aromatic nitrogens is 3. The second kappa shape index (κ2) is 8.11. The van der Waals surface area contributed by atoms with E-state index in [2.05, 4.69) is 10.1 Å². The molecule has 1 aliphatic heterocycles. The molecule has 7 nitrogen and oxygen atoms in total. The van der Waals surface area contributed by atoms with Gasteiger partial charge < -0.3 is 10.0 Å². The standard InChI is InChI=1S/C25H20N4O3/c30-24(28-16-19-12-8-7-11-18(19)15-21(28)25(31)32)22-26-23(17-9-3-1-4-10-17)29(27-22)20-13-5-2-6-14-20/h1-14,21H,15-16H2,(H,31,32)/t21-/m1/s1. The van der Waals surface area contributed by atoms with Crippen LogP contribution < -0.4 is 0 Å². The Morgan fingerprint density at radius 3 is 2.16 bits per heavy atom. The van der Waals surface area contributed by atoms with E-state index in [1.54, 1.807) is 4.68 Å². The van der Waals surface area contributed by atoms with Crippen LogP contribution >= 0.6 is 0 Å². The highest BCUT2D eigenvalue weighted by Crippen LogP contribution is 2.26. The van der Waals surface area contributed by atoms with Crippen LogP contribution in [0.15, 0.2) is 84.9 Å². The molecule has 0 saturated heterocycles. The fourth-order valence-electron chi connectivity index (χ4n) is 4.01. The number of carbonyl (C=O) groups excluding carboxylic acids is 1. The number of fused-ring (bicyclic) bond motifs is 1. The first kappa shape index (κ1) is 19.7.